The van der Waals surface area contributed by atoms with E-state index >= 15 is 0 Å². The number of methoxy groups -OCH3 is 1. The maximum Gasteiger partial charge on any atom is 0.263 e. The number of hydrogen-bond acceptors (Lipinski definition) is 5. The van der Waals surface area contributed by atoms with Gasteiger partial charge in [0.15, 0.2) is 0 Å². The number of thiophene rings is 1. The first-order chi connectivity index (χ1) is 9.56. The highest BCUT2D eigenvalue weighted by atomic mass is 79.9. The van der Waals surface area contributed by atoms with Gasteiger partial charge in [-0.1, -0.05) is 15.9 Å². The molecule has 7 heteroatoms. The van der Waals surface area contributed by atoms with Crippen LogP contribution in [0.25, 0.3) is 10.1 Å². The number of ether oxygens (including phenoxy) is 1. The van der Waals surface area contributed by atoms with Crippen molar-refractivity contribution in [3.63, 3.8) is 0 Å². The lowest BCUT2D eigenvalue weighted by atomic mass is 10.2. The molecule has 1 heterocycles. The number of aliphatic hydroxyl groups excluding tert-OH is 1. The number of halogens is 1. The number of nitrogen functional groups attached to an aromatic ring is 1. The van der Waals surface area contributed by atoms with Gasteiger partial charge < -0.3 is 20.9 Å². The third-order valence-corrected chi connectivity index (χ3v) is 4.50. The molecule has 0 aliphatic rings. The van der Waals surface area contributed by atoms with Crippen LogP contribution in [0.5, 0.6) is 0 Å². The maximum absolute atomic E-state index is 12.2. The van der Waals surface area contributed by atoms with Crippen LogP contribution in [0, 0.1) is 0 Å². The first-order valence-electron chi connectivity index (χ1n) is 5.95. The summed E-state index contributed by atoms with van der Waals surface area (Å²) in [6.45, 7) is 0.0640. The minimum atomic E-state index is -0.441. The van der Waals surface area contributed by atoms with Gasteiger partial charge in [0.1, 0.15) is 4.88 Å². The molecule has 0 radical (unpaired) electrons. The van der Waals surface area contributed by atoms with Gasteiger partial charge in [-0.15, -0.1) is 11.3 Å². The number of benzene rings is 1. The van der Waals surface area contributed by atoms with Crippen molar-refractivity contribution in [3.05, 3.63) is 27.5 Å². The Morgan fingerprint density at radius 1 is 1.60 bits per heavy atom. The number of nitrogens with two attached hydrogens (primary N) is 1. The van der Waals surface area contributed by atoms with Crippen LogP contribution in [0.2, 0.25) is 0 Å². The smallest absolute Gasteiger partial charge is 0.263 e. The van der Waals surface area contributed by atoms with E-state index in [1.54, 1.807) is 0 Å². The van der Waals surface area contributed by atoms with E-state index in [-0.39, 0.29) is 19.1 Å². The van der Waals surface area contributed by atoms with E-state index in [1.165, 1.54) is 18.4 Å². The third-order valence-electron chi connectivity index (χ3n) is 2.82. The first kappa shape index (κ1) is 15.2. The Hall–Kier alpha value is -1.15. The van der Waals surface area contributed by atoms with Gasteiger partial charge in [-0.25, -0.2) is 0 Å². The average molecular weight is 359 g/mol. The quantitative estimate of drug-likeness (QED) is 0.762. The highest BCUT2D eigenvalue weighted by Crippen LogP contribution is 2.35. The molecule has 1 amide bonds. The van der Waals surface area contributed by atoms with E-state index in [4.69, 9.17) is 15.6 Å². The summed E-state index contributed by atoms with van der Waals surface area (Å²) in [5, 5.41) is 12.7. The molecule has 4 N–H and O–H groups in total. The van der Waals surface area contributed by atoms with Crippen LogP contribution in [-0.4, -0.2) is 37.4 Å². The van der Waals surface area contributed by atoms with Crippen molar-refractivity contribution in [3.8, 4) is 0 Å². The summed E-state index contributed by atoms with van der Waals surface area (Å²) >= 11 is 4.71. The summed E-state index contributed by atoms with van der Waals surface area (Å²) in [4.78, 5) is 12.7. The lowest BCUT2D eigenvalue weighted by Gasteiger charge is -2.14. The topological polar surface area (TPSA) is 84.6 Å². The van der Waals surface area contributed by atoms with Gasteiger partial charge in [0.05, 0.1) is 24.9 Å². The normalized spacial score (nSPS) is 12.6. The summed E-state index contributed by atoms with van der Waals surface area (Å²) in [6, 6.07) is 5.26. The van der Waals surface area contributed by atoms with Crippen molar-refractivity contribution in [1.29, 1.82) is 0 Å². The highest BCUT2D eigenvalue weighted by molar-refractivity contribution is 9.10. The molecule has 2 aromatic rings. The molecule has 1 unspecified atom stereocenters. The molecule has 1 aromatic carbocycles. The van der Waals surface area contributed by atoms with Crippen molar-refractivity contribution in [2.75, 3.05) is 26.1 Å². The van der Waals surface area contributed by atoms with Crippen molar-refractivity contribution < 1.29 is 14.6 Å². The van der Waals surface area contributed by atoms with Crippen LogP contribution in [0.15, 0.2) is 22.7 Å². The van der Waals surface area contributed by atoms with E-state index in [0.717, 1.165) is 14.6 Å². The molecule has 108 valence electrons. The zero-order valence-corrected chi connectivity index (χ0v) is 13.3. The minimum Gasteiger partial charge on any atom is -0.397 e. The number of nitrogens with one attached hydrogen (secondary N) is 1. The molecule has 1 aromatic heterocycles. The zero-order valence-electron chi connectivity index (χ0n) is 10.9. The van der Waals surface area contributed by atoms with Crippen molar-refractivity contribution in [1.82, 2.24) is 5.32 Å². The second-order valence-electron chi connectivity index (χ2n) is 4.29. The zero-order chi connectivity index (χ0) is 14.7. The Balaban J connectivity index is 2.28. The van der Waals surface area contributed by atoms with Gasteiger partial charge in [-0.05, 0) is 18.2 Å². The predicted octanol–water partition coefficient (Wildman–Crippen LogP) is 1.98. The highest BCUT2D eigenvalue weighted by Gasteiger charge is 2.19. The summed E-state index contributed by atoms with van der Waals surface area (Å²) in [6.07, 6.45) is 0. The second-order valence-corrected chi connectivity index (χ2v) is 6.26. The lowest BCUT2D eigenvalue weighted by Crippen LogP contribution is -2.40. The van der Waals surface area contributed by atoms with E-state index in [9.17, 15) is 4.79 Å². The molecule has 5 nitrogen and oxygen atoms in total. The minimum absolute atomic E-state index is 0.185. The number of carbonyl (C=O) groups excluding carboxylic acids is 1. The third kappa shape index (κ3) is 3.12. The number of anilines is 1. The van der Waals surface area contributed by atoms with E-state index in [0.29, 0.717) is 10.6 Å². The van der Waals surface area contributed by atoms with Crippen LogP contribution >= 0.6 is 27.3 Å². The fourth-order valence-electron chi connectivity index (χ4n) is 1.85. The molecule has 0 bridgehead atoms. The summed E-state index contributed by atoms with van der Waals surface area (Å²) in [7, 11) is 1.51. The molecule has 2 rings (SSSR count). The number of carbonyl (C=O) groups is 1. The van der Waals surface area contributed by atoms with Gasteiger partial charge in [0, 0.05) is 21.7 Å². The number of aliphatic hydroxyl groups is 1. The number of fused-ring (bicyclic) bond motifs is 1. The Labute approximate surface area is 128 Å². The van der Waals surface area contributed by atoms with Crippen molar-refractivity contribution >= 4 is 48.9 Å². The van der Waals surface area contributed by atoms with Crippen LogP contribution in [0.4, 0.5) is 5.69 Å². The fraction of sp³-hybridized carbons (Fsp3) is 0.308. The van der Waals surface area contributed by atoms with E-state index < -0.39 is 6.04 Å². The first-order valence-corrected chi connectivity index (χ1v) is 7.56. The SMILES string of the molecule is COCC(CO)NC(=O)c1sc2ccc(Br)cc2c1N. The molecule has 20 heavy (non-hydrogen) atoms. The predicted molar refractivity (Wildman–Crippen MR) is 84.2 cm³/mol. The Morgan fingerprint density at radius 2 is 2.35 bits per heavy atom. The molecule has 0 fully saturated rings. The molecular weight excluding hydrogens is 344 g/mol. The van der Waals surface area contributed by atoms with Crippen LogP contribution in [-0.2, 0) is 4.74 Å². The van der Waals surface area contributed by atoms with Crippen molar-refractivity contribution in [2.24, 2.45) is 0 Å². The van der Waals surface area contributed by atoms with Crippen LogP contribution in [0.3, 0.4) is 0 Å². The molecule has 0 saturated carbocycles. The van der Waals surface area contributed by atoms with Crippen LogP contribution < -0.4 is 11.1 Å². The molecule has 0 saturated heterocycles. The fourth-order valence-corrected chi connectivity index (χ4v) is 3.22. The van der Waals surface area contributed by atoms with Gasteiger partial charge in [-0.3, -0.25) is 4.79 Å². The van der Waals surface area contributed by atoms with Crippen LogP contribution in [0.1, 0.15) is 9.67 Å². The van der Waals surface area contributed by atoms with E-state index in [2.05, 4.69) is 21.2 Å². The molecule has 1 atom stereocenters. The van der Waals surface area contributed by atoms with Gasteiger partial charge >= 0.3 is 0 Å². The molecule has 0 aliphatic carbocycles. The average Bonchev–Trinajstić information content (AvgIpc) is 2.75. The molecule has 0 spiro atoms. The molecule has 0 aliphatic heterocycles. The second kappa shape index (κ2) is 6.53. The van der Waals surface area contributed by atoms with Gasteiger partial charge in [-0.2, -0.15) is 0 Å². The summed E-state index contributed by atoms with van der Waals surface area (Å²) in [5.41, 5.74) is 6.49. The van der Waals surface area contributed by atoms with E-state index in [1.807, 2.05) is 18.2 Å². The number of amides is 1. The Bertz CT molecular complexity index is 629. The number of rotatable bonds is 5. The summed E-state index contributed by atoms with van der Waals surface area (Å²) < 4.78 is 6.79. The largest absolute Gasteiger partial charge is 0.397 e. The maximum atomic E-state index is 12.2. The Morgan fingerprint density at radius 3 is 3.00 bits per heavy atom. The lowest BCUT2D eigenvalue weighted by molar-refractivity contribution is 0.0844. The van der Waals surface area contributed by atoms with Gasteiger partial charge in [0.25, 0.3) is 5.91 Å². The standard InChI is InChI=1S/C13H15BrN2O3S/c1-19-6-8(5-17)16-13(18)12-11(15)9-4-7(14)2-3-10(9)20-12/h2-4,8,17H,5-6,15H2,1H3,(H,16,18). The number of hydrogen-bond donors (Lipinski definition) is 3. The monoisotopic (exact) mass is 358 g/mol. The molecular formula is C13H15BrN2O3S. The van der Waals surface area contributed by atoms with Crippen molar-refractivity contribution in [2.45, 2.75) is 6.04 Å². The Kier molecular flexibility index (Phi) is 4.98. The summed E-state index contributed by atoms with van der Waals surface area (Å²) in [5.74, 6) is -0.295. The van der Waals surface area contributed by atoms with Gasteiger partial charge in [0.2, 0.25) is 0 Å².